The first-order chi connectivity index (χ1) is 4.20. The summed E-state index contributed by atoms with van der Waals surface area (Å²) in [6.45, 7) is 1.05. The molecule has 0 bridgehead atoms. The van der Waals surface area contributed by atoms with Crippen molar-refractivity contribution in [1.29, 1.82) is 0 Å². The Morgan fingerprint density at radius 3 is 2.56 bits per heavy atom. The molecular formula is C5H9ClO3. The van der Waals surface area contributed by atoms with E-state index in [1.807, 2.05) is 0 Å². The van der Waals surface area contributed by atoms with Gasteiger partial charge in [0.1, 0.15) is 6.10 Å². The predicted molar refractivity (Wildman–Crippen MR) is 33.4 cm³/mol. The lowest BCUT2D eigenvalue weighted by atomic mass is 10.4. The zero-order valence-corrected chi connectivity index (χ0v) is 5.89. The number of carbonyl (C=O) groups is 1. The average Bonchev–Trinajstić information content (AvgIpc) is 1.82. The van der Waals surface area contributed by atoms with Gasteiger partial charge in [-0.1, -0.05) is 0 Å². The summed E-state index contributed by atoms with van der Waals surface area (Å²) in [5.41, 5.74) is 0. The highest BCUT2D eigenvalue weighted by atomic mass is 35.5. The summed E-state index contributed by atoms with van der Waals surface area (Å²) in [6, 6.07) is 0. The van der Waals surface area contributed by atoms with Crippen molar-refractivity contribution in [2.45, 2.75) is 13.0 Å². The first kappa shape index (κ1) is 8.72. The first-order valence-electron chi connectivity index (χ1n) is 2.54. The van der Waals surface area contributed by atoms with E-state index in [9.17, 15) is 4.79 Å². The summed E-state index contributed by atoms with van der Waals surface area (Å²) < 4.78 is 4.53. The largest absolute Gasteiger partial charge is 0.459 e. The van der Waals surface area contributed by atoms with E-state index in [1.165, 1.54) is 6.92 Å². The van der Waals surface area contributed by atoms with E-state index < -0.39 is 12.1 Å². The third-order valence-corrected chi connectivity index (χ3v) is 1.05. The molecule has 54 valence electrons. The van der Waals surface area contributed by atoms with Gasteiger partial charge in [-0.05, 0) is 0 Å². The quantitative estimate of drug-likeness (QED) is 0.463. The molecule has 0 saturated carbocycles. The number of ether oxygens (including phenoxy) is 1. The van der Waals surface area contributed by atoms with Crippen molar-refractivity contribution in [1.82, 2.24) is 0 Å². The van der Waals surface area contributed by atoms with E-state index in [4.69, 9.17) is 16.7 Å². The molecule has 0 aliphatic carbocycles. The van der Waals surface area contributed by atoms with Crippen molar-refractivity contribution in [3.8, 4) is 0 Å². The van der Waals surface area contributed by atoms with Crippen LogP contribution in [0.25, 0.3) is 0 Å². The molecule has 1 N–H and O–H groups in total. The number of hydrogen-bond acceptors (Lipinski definition) is 3. The van der Waals surface area contributed by atoms with Gasteiger partial charge in [0.2, 0.25) is 0 Å². The summed E-state index contributed by atoms with van der Waals surface area (Å²) in [5, 5.41) is 8.41. The van der Waals surface area contributed by atoms with Gasteiger partial charge in [0, 0.05) is 6.92 Å². The molecule has 0 heterocycles. The molecule has 0 unspecified atom stereocenters. The smallest absolute Gasteiger partial charge is 0.303 e. The molecule has 0 rings (SSSR count). The van der Waals surface area contributed by atoms with Gasteiger partial charge in [-0.15, -0.1) is 11.6 Å². The maximum atomic E-state index is 10.2. The number of aliphatic hydroxyl groups excluding tert-OH is 1. The van der Waals surface area contributed by atoms with Crippen LogP contribution >= 0.6 is 11.6 Å². The molecule has 0 spiro atoms. The van der Waals surface area contributed by atoms with Gasteiger partial charge in [-0.3, -0.25) is 4.79 Å². The van der Waals surface area contributed by atoms with E-state index in [0.29, 0.717) is 0 Å². The Kier molecular flexibility index (Phi) is 4.44. The molecule has 0 fully saturated rings. The molecule has 0 saturated heterocycles. The number of halogens is 1. The number of aliphatic hydroxyl groups is 1. The van der Waals surface area contributed by atoms with Crippen LogP contribution in [-0.2, 0) is 9.53 Å². The minimum Gasteiger partial charge on any atom is -0.459 e. The van der Waals surface area contributed by atoms with E-state index in [2.05, 4.69) is 4.74 Å². The third-order valence-electron chi connectivity index (χ3n) is 0.708. The fraction of sp³-hybridized carbons (Fsp3) is 0.800. The zero-order chi connectivity index (χ0) is 7.28. The fourth-order valence-corrected chi connectivity index (χ4v) is 0.513. The van der Waals surface area contributed by atoms with Crippen LogP contribution in [-0.4, -0.2) is 29.7 Å². The second-order valence-corrected chi connectivity index (χ2v) is 1.88. The molecule has 0 amide bonds. The standard InChI is InChI=1S/C5H9ClO3/c1-4(8)9-5(2-6)3-7/h5,7H,2-3H2,1H3/t5-/m1/s1. The minimum absolute atomic E-state index is 0.135. The Balaban J connectivity index is 3.43. The highest BCUT2D eigenvalue weighted by molar-refractivity contribution is 6.18. The van der Waals surface area contributed by atoms with Gasteiger partial charge in [-0.25, -0.2) is 0 Å². The predicted octanol–water partition coefficient (Wildman–Crippen LogP) is 0.149. The third kappa shape index (κ3) is 4.24. The van der Waals surface area contributed by atoms with Crippen LogP contribution in [0.15, 0.2) is 0 Å². The Morgan fingerprint density at radius 2 is 2.44 bits per heavy atom. The second kappa shape index (κ2) is 4.58. The molecule has 0 aliphatic rings. The fourth-order valence-electron chi connectivity index (χ4n) is 0.352. The van der Waals surface area contributed by atoms with E-state index in [-0.39, 0.29) is 12.5 Å². The highest BCUT2D eigenvalue weighted by Crippen LogP contribution is 1.93. The number of hydrogen-bond donors (Lipinski definition) is 1. The van der Waals surface area contributed by atoms with E-state index in [0.717, 1.165) is 0 Å². The Hall–Kier alpha value is -0.280. The van der Waals surface area contributed by atoms with Gasteiger partial charge < -0.3 is 9.84 Å². The molecule has 0 aromatic heterocycles. The van der Waals surface area contributed by atoms with Crippen molar-refractivity contribution in [2.75, 3.05) is 12.5 Å². The number of alkyl halides is 1. The topological polar surface area (TPSA) is 46.5 Å². The summed E-state index contributed by atoms with van der Waals surface area (Å²) in [6.07, 6.45) is -0.552. The Morgan fingerprint density at radius 1 is 1.89 bits per heavy atom. The molecule has 1 atom stereocenters. The number of rotatable bonds is 3. The Labute approximate surface area is 58.6 Å². The normalized spacial score (nSPS) is 12.8. The van der Waals surface area contributed by atoms with Gasteiger partial charge in [0.25, 0.3) is 0 Å². The van der Waals surface area contributed by atoms with E-state index >= 15 is 0 Å². The summed E-state index contributed by atoms with van der Waals surface area (Å²) in [4.78, 5) is 10.2. The maximum absolute atomic E-state index is 10.2. The van der Waals surface area contributed by atoms with Crippen LogP contribution in [0.5, 0.6) is 0 Å². The Bertz CT molecular complexity index is 90.2. The van der Waals surface area contributed by atoms with Crippen molar-refractivity contribution in [2.24, 2.45) is 0 Å². The summed E-state index contributed by atoms with van der Waals surface area (Å²) in [5.74, 6) is -0.287. The van der Waals surface area contributed by atoms with Crippen molar-refractivity contribution >= 4 is 17.6 Å². The lowest BCUT2D eigenvalue weighted by molar-refractivity contribution is -0.147. The van der Waals surface area contributed by atoms with Crippen LogP contribution in [0.3, 0.4) is 0 Å². The van der Waals surface area contributed by atoms with Gasteiger partial charge in [-0.2, -0.15) is 0 Å². The van der Waals surface area contributed by atoms with Crippen LogP contribution in [0.1, 0.15) is 6.92 Å². The van der Waals surface area contributed by atoms with Crippen LogP contribution in [0.2, 0.25) is 0 Å². The van der Waals surface area contributed by atoms with E-state index in [1.54, 1.807) is 0 Å². The maximum Gasteiger partial charge on any atom is 0.303 e. The lowest BCUT2D eigenvalue weighted by Gasteiger charge is -2.09. The average molecular weight is 153 g/mol. The molecule has 3 nitrogen and oxygen atoms in total. The molecule has 0 aromatic carbocycles. The monoisotopic (exact) mass is 152 g/mol. The molecule has 9 heavy (non-hydrogen) atoms. The minimum atomic E-state index is -0.552. The van der Waals surface area contributed by atoms with Crippen molar-refractivity contribution in [3.63, 3.8) is 0 Å². The van der Waals surface area contributed by atoms with Gasteiger partial charge >= 0.3 is 5.97 Å². The molecule has 4 heteroatoms. The first-order valence-corrected chi connectivity index (χ1v) is 3.08. The SMILES string of the molecule is CC(=O)O[C@@H](CO)CCl. The number of esters is 1. The van der Waals surface area contributed by atoms with Crippen LogP contribution in [0.4, 0.5) is 0 Å². The molecular weight excluding hydrogens is 144 g/mol. The molecule has 0 aliphatic heterocycles. The van der Waals surface area contributed by atoms with Gasteiger partial charge in [0.05, 0.1) is 12.5 Å². The zero-order valence-electron chi connectivity index (χ0n) is 5.13. The lowest BCUT2D eigenvalue weighted by Crippen LogP contribution is -2.21. The molecule has 0 radical (unpaired) electrons. The van der Waals surface area contributed by atoms with Gasteiger partial charge in [0.15, 0.2) is 0 Å². The summed E-state index contributed by atoms with van der Waals surface area (Å²) in [7, 11) is 0. The highest BCUT2D eigenvalue weighted by Gasteiger charge is 2.07. The number of carbonyl (C=O) groups excluding carboxylic acids is 1. The summed E-state index contributed by atoms with van der Waals surface area (Å²) >= 11 is 5.27. The van der Waals surface area contributed by atoms with Crippen LogP contribution in [0, 0.1) is 0 Å². The van der Waals surface area contributed by atoms with Crippen molar-refractivity contribution < 1.29 is 14.6 Å². The van der Waals surface area contributed by atoms with Crippen molar-refractivity contribution in [3.05, 3.63) is 0 Å². The van der Waals surface area contributed by atoms with Crippen LogP contribution < -0.4 is 0 Å². The second-order valence-electron chi connectivity index (χ2n) is 1.57. The molecule has 0 aromatic rings.